The molecule has 2 N–H and O–H groups in total. The molecule has 0 radical (unpaired) electrons. The van der Waals surface area contributed by atoms with E-state index in [1.165, 1.54) is 19.2 Å². The number of benzene rings is 2. The van der Waals surface area contributed by atoms with Gasteiger partial charge in [-0.15, -0.1) is 0 Å². The van der Waals surface area contributed by atoms with Crippen molar-refractivity contribution in [2.24, 2.45) is 5.92 Å². The Balaban J connectivity index is 1.93. The van der Waals surface area contributed by atoms with Crippen LogP contribution >= 0.6 is 35.0 Å². The van der Waals surface area contributed by atoms with Crippen molar-refractivity contribution in [3.05, 3.63) is 62.6 Å². The van der Waals surface area contributed by atoms with E-state index in [4.69, 9.17) is 37.4 Å². The number of anilines is 1. The van der Waals surface area contributed by atoms with Gasteiger partial charge in [0.15, 0.2) is 5.75 Å². The smallest absolute Gasteiger partial charge is 0.319 e. The summed E-state index contributed by atoms with van der Waals surface area (Å²) in [5.74, 6) is -3.54. The Morgan fingerprint density at radius 1 is 1.16 bits per heavy atom. The molecule has 0 aliphatic carbocycles. The van der Waals surface area contributed by atoms with E-state index >= 15 is 0 Å². The molecule has 2 aromatic carbocycles. The number of nitrogens with zero attached hydrogens (tertiary/aromatic N) is 1. The predicted octanol–water partition coefficient (Wildman–Crippen LogP) is 4.51. The molecule has 3 rings (SSSR count). The van der Waals surface area contributed by atoms with Crippen molar-refractivity contribution in [2.45, 2.75) is 12.8 Å². The third-order valence-electron chi connectivity index (χ3n) is 5.37. The first-order valence-corrected chi connectivity index (χ1v) is 12.7. The van der Waals surface area contributed by atoms with Crippen molar-refractivity contribution < 1.29 is 28.6 Å². The fourth-order valence-electron chi connectivity index (χ4n) is 3.73. The summed E-state index contributed by atoms with van der Waals surface area (Å²) >= 11 is 13.7. The van der Waals surface area contributed by atoms with Gasteiger partial charge in [0.25, 0.3) is 0 Å². The number of amides is 2. The second-order valence-electron chi connectivity index (χ2n) is 7.63. The SMILES string of the molecule is CCOc1c(Cl)cc([C@@H]2C(C#N)=C(SCC(=O)Nc3ccc(OC)cc3)NC(=O)[C@@H]2C(=O)OC)cc1Cl. The normalized spacial score (nSPS) is 16.9. The van der Waals surface area contributed by atoms with Gasteiger partial charge in [-0.25, -0.2) is 0 Å². The minimum atomic E-state index is -1.37. The van der Waals surface area contributed by atoms with Crippen molar-refractivity contribution in [1.29, 1.82) is 5.26 Å². The number of methoxy groups -OCH3 is 2. The van der Waals surface area contributed by atoms with Crippen molar-refractivity contribution in [3.63, 3.8) is 0 Å². The minimum Gasteiger partial charge on any atom is -0.497 e. The van der Waals surface area contributed by atoms with Gasteiger partial charge in [-0.1, -0.05) is 35.0 Å². The van der Waals surface area contributed by atoms with Crippen LogP contribution in [0.25, 0.3) is 0 Å². The number of carbonyl (C=O) groups is 3. The highest BCUT2D eigenvalue weighted by Crippen LogP contribution is 2.44. The topological polar surface area (TPSA) is 127 Å². The molecule has 0 saturated carbocycles. The number of halogens is 2. The average molecular weight is 564 g/mol. The first-order valence-electron chi connectivity index (χ1n) is 10.9. The molecule has 2 amide bonds. The van der Waals surface area contributed by atoms with Crippen molar-refractivity contribution >= 4 is 58.4 Å². The van der Waals surface area contributed by atoms with Gasteiger partial charge in [0.05, 0.1) is 53.3 Å². The minimum absolute atomic E-state index is 0.0635. The van der Waals surface area contributed by atoms with Gasteiger partial charge in [-0.05, 0) is 48.9 Å². The molecule has 0 fully saturated rings. The molecule has 0 bridgehead atoms. The largest absolute Gasteiger partial charge is 0.497 e. The van der Waals surface area contributed by atoms with Gasteiger partial charge in [0.2, 0.25) is 11.8 Å². The lowest BCUT2D eigenvalue weighted by Gasteiger charge is -2.31. The third-order valence-corrected chi connectivity index (χ3v) is 6.95. The van der Waals surface area contributed by atoms with E-state index in [1.54, 1.807) is 31.2 Å². The number of ether oxygens (including phenoxy) is 3. The quantitative estimate of drug-likeness (QED) is 0.337. The summed E-state index contributed by atoms with van der Waals surface area (Å²) in [6, 6.07) is 11.8. The summed E-state index contributed by atoms with van der Waals surface area (Å²) in [4.78, 5) is 38.2. The average Bonchev–Trinajstić information content (AvgIpc) is 2.89. The number of thioether (sulfide) groups is 1. The molecular formula is C25H23Cl2N3O6S. The Hall–Kier alpha value is -3.39. The van der Waals surface area contributed by atoms with Crippen LogP contribution in [0, 0.1) is 17.2 Å². The molecule has 37 heavy (non-hydrogen) atoms. The van der Waals surface area contributed by atoms with Crippen LogP contribution in [0.2, 0.25) is 10.0 Å². The lowest BCUT2D eigenvalue weighted by Crippen LogP contribution is -2.44. The molecule has 2 atom stereocenters. The first kappa shape index (κ1) is 28.2. The third kappa shape index (κ3) is 6.49. The molecule has 12 heteroatoms. The van der Waals surface area contributed by atoms with Gasteiger partial charge < -0.3 is 24.8 Å². The maximum atomic E-state index is 13.0. The van der Waals surface area contributed by atoms with E-state index < -0.39 is 23.7 Å². The molecule has 0 aromatic heterocycles. The Bertz CT molecular complexity index is 1250. The summed E-state index contributed by atoms with van der Waals surface area (Å²) in [5.41, 5.74) is 0.963. The second-order valence-corrected chi connectivity index (χ2v) is 9.43. The fourth-order valence-corrected chi connectivity index (χ4v) is 5.19. The maximum Gasteiger partial charge on any atom is 0.319 e. The lowest BCUT2D eigenvalue weighted by molar-refractivity contribution is -0.150. The zero-order valence-electron chi connectivity index (χ0n) is 20.1. The Morgan fingerprint density at radius 3 is 2.35 bits per heavy atom. The number of carbonyl (C=O) groups excluding carboxylic acids is 3. The second kappa shape index (κ2) is 12.7. The van der Waals surface area contributed by atoms with Crippen molar-refractivity contribution in [2.75, 3.05) is 31.9 Å². The summed E-state index contributed by atoms with van der Waals surface area (Å²) in [6.07, 6.45) is 0. The van der Waals surface area contributed by atoms with Crippen molar-refractivity contribution in [3.8, 4) is 17.6 Å². The number of nitriles is 1. The summed E-state index contributed by atoms with van der Waals surface area (Å²) < 4.78 is 15.4. The highest BCUT2D eigenvalue weighted by Gasteiger charge is 2.44. The molecule has 1 aliphatic rings. The molecule has 2 aromatic rings. The standard InChI is InChI=1S/C25H23Cl2N3O6S/c1-4-36-22-17(26)9-13(10-18(22)27)20-16(11-28)24(30-23(32)21(20)25(33)35-3)37-12-19(31)29-14-5-7-15(34-2)8-6-14/h5-10,20-21H,4,12H2,1-3H3,(H,29,31)(H,30,32)/t20-,21-/m1/s1. The van der Waals surface area contributed by atoms with Crippen LogP contribution in [-0.4, -0.2) is 44.4 Å². The zero-order valence-corrected chi connectivity index (χ0v) is 22.4. The number of esters is 1. The predicted molar refractivity (Wildman–Crippen MR) is 141 cm³/mol. The maximum absolute atomic E-state index is 13.0. The number of hydrogen-bond acceptors (Lipinski definition) is 8. The number of rotatable bonds is 9. The summed E-state index contributed by atoms with van der Waals surface area (Å²) in [5, 5.41) is 15.8. The van der Waals surface area contributed by atoms with Crippen LogP contribution in [0.5, 0.6) is 11.5 Å². The van der Waals surface area contributed by atoms with E-state index in [2.05, 4.69) is 16.7 Å². The number of nitrogens with one attached hydrogen (secondary N) is 2. The molecular weight excluding hydrogens is 541 g/mol. The molecule has 1 heterocycles. The fraction of sp³-hybridized carbons (Fsp3) is 0.280. The van der Waals surface area contributed by atoms with Crippen LogP contribution in [0.3, 0.4) is 0 Å². The van der Waals surface area contributed by atoms with Crippen molar-refractivity contribution in [1.82, 2.24) is 5.32 Å². The summed E-state index contributed by atoms with van der Waals surface area (Å²) in [7, 11) is 2.69. The van der Waals surface area contributed by atoms with Gasteiger partial charge >= 0.3 is 5.97 Å². The molecule has 194 valence electrons. The van der Waals surface area contributed by atoms with E-state index in [1.807, 2.05) is 0 Å². The monoisotopic (exact) mass is 563 g/mol. The molecule has 9 nitrogen and oxygen atoms in total. The van der Waals surface area contributed by atoms with Crippen LogP contribution in [0.1, 0.15) is 18.4 Å². The Kier molecular flexibility index (Phi) is 9.69. The lowest BCUT2D eigenvalue weighted by atomic mass is 9.78. The first-order chi connectivity index (χ1) is 17.7. The van der Waals surface area contributed by atoms with Gasteiger partial charge in [0, 0.05) is 11.6 Å². The van der Waals surface area contributed by atoms with Crippen LogP contribution in [0.4, 0.5) is 5.69 Å². The number of hydrogen-bond donors (Lipinski definition) is 2. The Morgan fingerprint density at radius 2 is 1.81 bits per heavy atom. The molecule has 1 aliphatic heterocycles. The van der Waals surface area contributed by atoms with Gasteiger partial charge in [-0.3, -0.25) is 14.4 Å². The van der Waals surface area contributed by atoms with Crippen LogP contribution in [-0.2, 0) is 19.1 Å². The van der Waals surface area contributed by atoms with Crippen LogP contribution < -0.4 is 20.1 Å². The molecule has 0 saturated heterocycles. The zero-order chi connectivity index (χ0) is 27.1. The van der Waals surface area contributed by atoms with Gasteiger partial charge in [-0.2, -0.15) is 5.26 Å². The van der Waals surface area contributed by atoms with Crippen LogP contribution in [0.15, 0.2) is 47.0 Å². The van der Waals surface area contributed by atoms with E-state index in [-0.39, 0.29) is 38.1 Å². The summed E-state index contributed by atoms with van der Waals surface area (Å²) in [6.45, 7) is 2.09. The van der Waals surface area contributed by atoms with E-state index in [0.29, 0.717) is 23.6 Å². The Labute approximate surface area is 228 Å². The highest BCUT2D eigenvalue weighted by molar-refractivity contribution is 8.03. The molecule has 0 spiro atoms. The number of allylic oxidation sites excluding steroid dienone is 1. The molecule has 0 unspecified atom stereocenters. The van der Waals surface area contributed by atoms with E-state index in [9.17, 15) is 19.6 Å². The highest BCUT2D eigenvalue weighted by atomic mass is 35.5. The van der Waals surface area contributed by atoms with E-state index in [0.717, 1.165) is 18.9 Å². The van der Waals surface area contributed by atoms with Gasteiger partial charge in [0.1, 0.15) is 11.7 Å².